The lowest BCUT2D eigenvalue weighted by Crippen LogP contribution is -2.54. The van der Waals surface area contributed by atoms with Gasteiger partial charge in [-0.25, -0.2) is 4.39 Å². The van der Waals surface area contributed by atoms with Crippen molar-refractivity contribution in [1.82, 2.24) is 5.32 Å². The van der Waals surface area contributed by atoms with Gasteiger partial charge in [-0.3, -0.25) is 24.6 Å². The fraction of sp³-hybridized carbons (Fsp3) is 0. The van der Waals surface area contributed by atoms with Crippen molar-refractivity contribution in [3.8, 4) is 11.5 Å². The molecule has 0 aliphatic carbocycles. The van der Waals surface area contributed by atoms with Gasteiger partial charge in [0.2, 0.25) is 0 Å². The Balaban J connectivity index is 1.58. The van der Waals surface area contributed by atoms with Crippen LogP contribution in [0.1, 0.15) is 10.4 Å². The van der Waals surface area contributed by atoms with E-state index in [4.69, 9.17) is 17.0 Å². The average Bonchev–Trinajstić information content (AvgIpc) is 2.79. The van der Waals surface area contributed by atoms with Crippen LogP contribution in [0.25, 0.3) is 0 Å². The number of halogens is 1. The molecule has 1 fully saturated rings. The molecule has 1 heterocycles. The van der Waals surface area contributed by atoms with Crippen LogP contribution in [0.15, 0.2) is 90.5 Å². The summed E-state index contributed by atoms with van der Waals surface area (Å²) in [6, 6.07) is 20.5. The van der Waals surface area contributed by atoms with Crippen LogP contribution < -0.4 is 15.0 Å². The van der Waals surface area contributed by atoms with E-state index in [1.54, 1.807) is 24.3 Å². The Morgan fingerprint density at radius 3 is 2.19 bits per heavy atom. The molecule has 32 heavy (non-hydrogen) atoms. The molecule has 1 N–H and O–H groups in total. The number of anilines is 1. The predicted molar refractivity (Wildman–Crippen MR) is 120 cm³/mol. The first kappa shape index (κ1) is 21.1. The molecule has 158 valence electrons. The Morgan fingerprint density at radius 2 is 1.53 bits per heavy atom. The van der Waals surface area contributed by atoms with Gasteiger partial charge in [0.05, 0.1) is 5.69 Å². The van der Waals surface area contributed by atoms with Crippen molar-refractivity contribution < 1.29 is 23.5 Å². The minimum Gasteiger partial charge on any atom is -0.457 e. The lowest BCUT2D eigenvalue weighted by atomic mass is 10.1. The molecule has 3 aromatic rings. The van der Waals surface area contributed by atoms with Gasteiger partial charge in [0.15, 0.2) is 10.9 Å². The van der Waals surface area contributed by atoms with Crippen LogP contribution in [0.2, 0.25) is 0 Å². The Kier molecular flexibility index (Phi) is 5.87. The largest absolute Gasteiger partial charge is 0.457 e. The fourth-order valence-electron chi connectivity index (χ4n) is 3.01. The summed E-state index contributed by atoms with van der Waals surface area (Å²) < 4.78 is 18.8. The third kappa shape index (κ3) is 4.45. The Labute approximate surface area is 187 Å². The minimum atomic E-state index is -0.782. The van der Waals surface area contributed by atoms with Gasteiger partial charge in [-0.05, 0) is 72.9 Å². The Bertz CT molecular complexity index is 1240. The summed E-state index contributed by atoms with van der Waals surface area (Å²) >= 11 is 5.16. The number of allylic oxidation sites excluding steroid dienone is 1. The van der Waals surface area contributed by atoms with Crippen LogP contribution in [0.5, 0.6) is 11.5 Å². The van der Waals surface area contributed by atoms with Crippen molar-refractivity contribution in [2.75, 3.05) is 4.90 Å². The van der Waals surface area contributed by atoms with E-state index < -0.39 is 23.4 Å². The molecule has 3 aromatic carbocycles. The van der Waals surface area contributed by atoms with Crippen LogP contribution in [-0.2, 0) is 9.59 Å². The maximum absolute atomic E-state index is 13.1. The van der Waals surface area contributed by atoms with Crippen molar-refractivity contribution >= 4 is 40.6 Å². The SMILES string of the molecule is O=C1NC(=S)N(c2ccc(Oc3ccccc3)cc2)C(=O)C1=CC(=O)c1ccc(F)cc1. The van der Waals surface area contributed by atoms with Gasteiger partial charge >= 0.3 is 0 Å². The normalized spacial score (nSPS) is 15.0. The van der Waals surface area contributed by atoms with E-state index in [9.17, 15) is 18.8 Å². The number of ketones is 1. The molecule has 0 saturated carbocycles. The zero-order valence-electron chi connectivity index (χ0n) is 16.4. The smallest absolute Gasteiger partial charge is 0.270 e. The molecular weight excluding hydrogens is 431 g/mol. The van der Waals surface area contributed by atoms with Gasteiger partial charge in [-0.1, -0.05) is 18.2 Å². The molecule has 1 saturated heterocycles. The second kappa shape index (κ2) is 8.91. The van der Waals surface area contributed by atoms with Crippen molar-refractivity contribution in [3.05, 3.63) is 102 Å². The maximum atomic E-state index is 13.1. The van der Waals surface area contributed by atoms with E-state index in [0.29, 0.717) is 17.2 Å². The van der Waals surface area contributed by atoms with Gasteiger partial charge in [0, 0.05) is 11.6 Å². The number of thiocarbonyl (C=S) groups is 1. The summed E-state index contributed by atoms with van der Waals surface area (Å²) in [6.45, 7) is 0. The lowest BCUT2D eigenvalue weighted by Gasteiger charge is -2.28. The first-order valence-corrected chi connectivity index (χ1v) is 9.87. The van der Waals surface area contributed by atoms with Crippen molar-refractivity contribution in [2.45, 2.75) is 0 Å². The summed E-state index contributed by atoms with van der Waals surface area (Å²) in [5.74, 6) is -1.44. The summed E-state index contributed by atoms with van der Waals surface area (Å²) in [5.41, 5.74) is 0.152. The number of hydrogen-bond acceptors (Lipinski definition) is 5. The number of hydrogen-bond donors (Lipinski definition) is 1. The number of nitrogens with one attached hydrogen (secondary N) is 1. The van der Waals surface area contributed by atoms with Crippen LogP contribution in [-0.4, -0.2) is 22.7 Å². The van der Waals surface area contributed by atoms with E-state index in [1.807, 2.05) is 30.3 Å². The van der Waals surface area contributed by atoms with Gasteiger partial charge in [-0.15, -0.1) is 0 Å². The first-order chi connectivity index (χ1) is 15.4. The summed E-state index contributed by atoms with van der Waals surface area (Å²) in [5, 5.41) is 2.31. The van der Waals surface area contributed by atoms with E-state index in [-0.39, 0.29) is 16.2 Å². The number of para-hydroxylation sites is 1. The monoisotopic (exact) mass is 446 g/mol. The van der Waals surface area contributed by atoms with Crippen LogP contribution >= 0.6 is 12.2 Å². The highest BCUT2D eigenvalue weighted by Gasteiger charge is 2.35. The highest BCUT2D eigenvalue weighted by molar-refractivity contribution is 7.80. The zero-order chi connectivity index (χ0) is 22.7. The van der Waals surface area contributed by atoms with Crippen LogP contribution in [0, 0.1) is 5.82 Å². The molecule has 1 aliphatic rings. The van der Waals surface area contributed by atoms with Gasteiger partial charge in [-0.2, -0.15) is 0 Å². The summed E-state index contributed by atoms with van der Waals surface area (Å²) in [4.78, 5) is 38.9. The quantitative estimate of drug-likeness (QED) is 0.276. The molecule has 6 nitrogen and oxygen atoms in total. The third-order valence-corrected chi connectivity index (χ3v) is 4.86. The molecule has 0 unspecified atom stereocenters. The summed E-state index contributed by atoms with van der Waals surface area (Å²) in [7, 11) is 0. The molecule has 0 spiro atoms. The molecule has 0 atom stereocenters. The molecule has 0 bridgehead atoms. The predicted octanol–water partition coefficient (Wildman–Crippen LogP) is 4.18. The molecule has 2 amide bonds. The molecule has 4 rings (SSSR count). The van der Waals surface area contributed by atoms with E-state index >= 15 is 0 Å². The second-order valence-electron chi connectivity index (χ2n) is 6.74. The minimum absolute atomic E-state index is 0.108. The standard InChI is InChI=1S/C24H15FN2O4S/c25-16-8-6-15(7-9-16)21(28)14-20-22(29)26-24(32)27(23(20)30)17-10-12-19(13-11-17)31-18-4-2-1-3-5-18/h1-14H,(H,26,29,32). The molecule has 0 aromatic heterocycles. The number of ether oxygens (including phenoxy) is 1. The first-order valence-electron chi connectivity index (χ1n) is 9.47. The number of carbonyl (C=O) groups excluding carboxylic acids is 3. The fourth-order valence-corrected chi connectivity index (χ4v) is 3.29. The van der Waals surface area contributed by atoms with Gasteiger partial charge in [0.1, 0.15) is 22.9 Å². The zero-order valence-corrected chi connectivity index (χ0v) is 17.3. The van der Waals surface area contributed by atoms with E-state index in [1.165, 1.54) is 12.1 Å². The summed E-state index contributed by atoms with van der Waals surface area (Å²) in [6.07, 6.45) is 0.923. The molecular formula is C24H15FN2O4S. The van der Waals surface area contributed by atoms with Crippen LogP contribution in [0.3, 0.4) is 0 Å². The Morgan fingerprint density at radius 1 is 0.906 bits per heavy atom. The van der Waals surface area contributed by atoms with Gasteiger partial charge in [0.25, 0.3) is 11.8 Å². The van der Waals surface area contributed by atoms with E-state index in [0.717, 1.165) is 23.1 Å². The number of benzene rings is 3. The third-order valence-electron chi connectivity index (χ3n) is 4.58. The van der Waals surface area contributed by atoms with Gasteiger partial charge < -0.3 is 4.74 Å². The van der Waals surface area contributed by atoms with Crippen molar-refractivity contribution in [2.24, 2.45) is 0 Å². The lowest BCUT2D eigenvalue weighted by molar-refractivity contribution is -0.122. The second-order valence-corrected chi connectivity index (χ2v) is 7.12. The average molecular weight is 446 g/mol. The Hall–Kier alpha value is -4.17. The number of nitrogens with zero attached hydrogens (tertiary/aromatic N) is 1. The molecule has 0 radical (unpaired) electrons. The topological polar surface area (TPSA) is 75.7 Å². The van der Waals surface area contributed by atoms with Crippen molar-refractivity contribution in [1.29, 1.82) is 0 Å². The van der Waals surface area contributed by atoms with Crippen molar-refractivity contribution in [3.63, 3.8) is 0 Å². The molecule has 8 heteroatoms. The number of rotatable bonds is 5. The van der Waals surface area contributed by atoms with E-state index in [2.05, 4.69) is 5.32 Å². The highest BCUT2D eigenvalue weighted by atomic mass is 32.1. The maximum Gasteiger partial charge on any atom is 0.270 e. The van der Waals surface area contributed by atoms with Crippen LogP contribution in [0.4, 0.5) is 10.1 Å². The molecule has 1 aliphatic heterocycles. The number of carbonyl (C=O) groups is 3. The number of amides is 2. The highest BCUT2D eigenvalue weighted by Crippen LogP contribution is 2.26.